The van der Waals surface area contributed by atoms with Gasteiger partial charge in [0, 0.05) is 20.2 Å². The van der Waals surface area contributed by atoms with E-state index in [-0.39, 0.29) is 6.10 Å². The highest BCUT2D eigenvalue weighted by Gasteiger charge is 2.29. The minimum atomic E-state index is -0.538. The Balaban J connectivity index is 2.12. The van der Waals surface area contributed by atoms with E-state index >= 15 is 0 Å². The van der Waals surface area contributed by atoms with E-state index in [0.29, 0.717) is 24.9 Å². The van der Waals surface area contributed by atoms with Crippen LogP contribution in [-0.4, -0.2) is 36.9 Å². The topological polar surface area (TPSA) is 69.4 Å². The third-order valence-electron chi connectivity index (χ3n) is 2.69. The summed E-state index contributed by atoms with van der Waals surface area (Å²) in [6.45, 7) is 6.01. The lowest BCUT2D eigenvalue weighted by Crippen LogP contribution is -2.33. The lowest BCUT2D eigenvalue weighted by atomic mass is 10.1. The van der Waals surface area contributed by atoms with Crippen molar-refractivity contribution in [1.29, 1.82) is 0 Å². The molecule has 6 heteroatoms. The van der Waals surface area contributed by atoms with Crippen molar-refractivity contribution in [3.63, 3.8) is 0 Å². The number of rotatable bonds is 3. The van der Waals surface area contributed by atoms with Crippen molar-refractivity contribution in [2.75, 3.05) is 26.8 Å². The van der Waals surface area contributed by atoms with Gasteiger partial charge < -0.3 is 19.3 Å². The van der Waals surface area contributed by atoms with Gasteiger partial charge in [-0.3, -0.25) is 0 Å². The van der Waals surface area contributed by atoms with E-state index in [2.05, 4.69) is 15.5 Å². The highest BCUT2D eigenvalue weighted by Crippen LogP contribution is 2.23. The average molecular weight is 227 g/mol. The summed E-state index contributed by atoms with van der Waals surface area (Å²) >= 11 is 0. The second-order valence-corrected chi connectivity index (χ2v) is 4.23. The minimum absolute atomic E-state index is 0.150. The standard InChI is InChI=1S/C10H17N3O3/c1-10(2,14-3)9-12-8(16-13-9)7-6-11-4-5-15-7/h7,11H,4-6H2,1-3H3. The molecule has 1 saturated heterocycles. The number of hydrogen-bond acceptors (Lipinski definition) is 6. The van der Waals surface area contributed by atoms with Crippen LogP contribution in [0.15, 0.2) is 4.52 Å². The van der Waals surface area contributed by atoms with Crippen LogP contribution < -0.4 is 5.32 Å². The zero-order valence-electron chi connectivity index (χ0n) is 9.82. The van der Waals surface area contributed by atoms with Gasteiger partial charge in [-0.05, 0) is 13.8 Å². The number of hydrogen-bond donors (Lipinski definition) is 1. The van der Waals surface area contributed by atoms with Gasteiger partial charge >= 0.3 is 0 Å². The maximum absolute atomic E-state index is 5.52. The van der Waals surface area contributed by atoms with Gasteiger partial charge in [-0.25, -0.2) is 0 Å². The number of nitrogens with zero attached hydrogens (tertiary/aromatic N) is 2. The van der Waals surface area contributed by atoms with Crippen LogP contribution in [0.25, 0.3) is 0 Å². The highest BCUT2D eigenvalue weighted by atomic mass is 16.5. The molecule has 1 aliphatic rings. The molecule has 0 saturated carbocycles. The number of aromatic nitrogens is 2. The van der Waals surface area contributed by atoms with E-state index in [1.54, 1.807) is 7.11 Å². The molecule has 1 aromatic heterocycles. The van der Waals surface area contributed by atoms with Crippen LogP contribution in [0.3, 0.4) is 0 Å². The summed E-state index contributed by atoms with van der Waals surface area (Å²) in [5.41, 5.74) is -0.538. The zero-order valence-corrected chi connectivity index (χ0v) is 9.82. The van der Waals surface area contributed by atoms with Crippen LogP contribution in [0.5, 0.6) is 0 Å². The Kier molecular flexibility index (Phi) is 3.22. The van der Waals surface area contributed by atoms with E-state index < -0.39 is 5.60 Å². The molecule has 0 amide bonds. The molecule has 0 bridgehead atoms. The van der Waals surface area contributed by atoms with E-state index in [1.165, 1.54) is 0 Å². The number of nitrogens with one attached hydrogen (secondary N) is 1. The first kappa shape index (κ1) is 11.5. The average Bonchev–Trinajstić information content (AvgIpc) is 2.80. The highest BCUT2D eigenvalue weighted by molar-refractivity contribution is 4.99. The van der Waals surface area contributed by atoms with Gasteiger partial charge in [0.1, 0.15) is 11.7 Å². The molecule has 2 heterocycles. The van der Waals surface area contributed by atoms with Gasteiger partial charge in [0.25, 0.3) is 5.89 Å². The summed E-state index contributed by atoms with van der Waals surface area (Å²) in [5, 5.41) is 7.13. The maximum atomic E-state index is 5.52. The van der Waals surface area contributed by atoms with Crippen LogP contribution in [0, 0.1) is 0 Å². The molecule has 0 spiro atoms. The minimum Gasteiger partial charge on any atom is -0.371 e. The predicted octanol–water partition coefficient (Wildman–Crippen LogP) is 0.612. The summed E-state index contributed by atoms with van der Waals surface area (Å²) in [5.74, 6) is 1.05. The van der Waals surface area contributed by atoms with Gasteiger partial charge in [0.05, 0.1) is 6.61 Å². The molecule has 2 rings (SSSR count). The second-order valence-electron chi connectivity index (χ2n) is 4.23. The fraction of sp³-hybridized carbons (Fsp3) is 0.800. The van der Waals surface area contributed by atoms with Crippen molar-refractivity contribution in [1.82, 2.24) is 15.5 Å². The summed E-state index contributed by atoms with van der Waals surface area (Å²) in [4.78, 5) is 4.31. The Morgan fingerprint density at radius 3 is 2.94 bits per heavy atom. The quantitative estimate of drug-likeness (QED) is 0.816. The Morgan fingerprint density at radius 2 is 2.31 bits per heavy atom. The Bertz CT molecular complexity index is 345. The molecule has 1 aliphatic heterocycles. The van der Waals surface area contributed by atoms with Crippen molar-refractivity contribution in [3.8, 4) is 0 Å². The molecule has 1 aromatic rings. The third-order valence-corrected chi connectivity index (χ3v) is 2.69. The molecular formula is C10H17N3O3. The lowest BCUT2D eigenvalue weighted by Gasteiger charge is -2.20. The van der Waals surface area contributed by atoms with Crippen LogP contribution >= 0.6 is 0 Å². The normalized spacial score (nSPS) is 22.3. The van der Waals surface area contributed by atoms with E-state index in [0.717, 1.165) is 6.54 Å². The first-order valence-corrected chi connectivity index (χ1v) is 5.35. The number of ether oxygens (including phenoxy) is 2. The smallest absolute Gasteiger partial charge is 0.257 e. The Hall–Kier alpha value is -0.980. The van der Waals surface area contributed by atoms with Crippen LogP contribution in [0.4, 0.5) is 0 Å². The summed E-state index contributed by atoms with van der Waals surface area (Å²) in [6, 6.07) is 0. The van der Waals surface area contributed by atoms with Gasteiger partial charge in [0.2, 0.25) is 5.82 Å². The van der Waals surface area contributed by atoms with Crippen molar-refractivity contribution >= 4 is 0 Å². The summed E-state index contributed by atoms with van der Waals surface area (Å²) < 4.78 is 16.0. The van der Waals surface area contributed by atoms with E-state index in [9.17, 15) is 0 Å². The molecule has 16 heavy (non-hydrogen) atoms. The first-order valence-electron chi connectivity index (χ1n) is 5.35. The van der Waals surface area contributed by atoms with Gasteiger partial charge in [-0.1, -0.05) is 5.16 Å². The molecule has 0 aromatic carbocycles. The van der Waals surface area contributed by atoms with E-state index in [4.69, 9.17) is 14.0 Å². The zero-order chi connectivity index (χ0) is 11.6. The van der Waals surface area contributed by atoms with Crippen molar-refractivity contribution in [2.24, 2.45) is 0 Å². The van der Waals surface area contributed by atoms with Crippen molar-refractivity contribution in [3.05, 3.63) is 11.7 Å². The second kappa shape index (κ2) is 4.48. The number of methoxy groups -OCH3 is 1. The molecule has 1 unspecified atom stereocenters. The fourth-order valence-corrected chi connectivity index (χ4v) is 1.43. The Morgan fingerprint density at radius 1 is 1.50 bits per heavy atom. The summed E-state index contributed by atoms with van der Waals surface area (Å²) in [6.07, 6.45) is -0.150. The molecule has 0 aliphatic carbocycles. The molecule has 1 N–H and O–H groups in total. The van der Waals surface area contributed by atoms with Crippen molar-refractivity contribution in [2.45, 2.75) is 25.6 Å². The monoisotopic (exact) mass is 227 g/mol. The van der Waals surface area contributed by atoms with Crippen LogP contribution in [0.2, 0.25) is 0 Å². The molecule has 0 radical (unpaired) electrons. The van der Waals surface area contributed by atoms with Crippen molar-refractivity contribution < 1.29 is 14.0 Å². The number of morpholine rings is 1. The van der Waals surface area contributed by atoms with Gasteiger partial charge in [-0.2, -0.15) is 4.98 Å². The Labute approximate surface area is 94.3 Å². The predicted molar refractivity (Wildman–Crippen MR) is 55.9 cm³/mol. The first-order chi connectivity index (χ1) is 7.63. The molecule has 90 valence electrons. The lowest BCUT2D eigenvalue weighted by molar-refractivity contribution is 0.00734. The molecule has 6 nitrogen and oxygen atoms in total. The van der Waals surface area contributed by atoms with Crippen LogP contribution in [-0.2, 0) is 15.1 Å². The fourth-order valence-electron chi connectivity index (χ4n) is 1.43. The van der Waals surface area contributed by atoms with Gasteiger partial charge in [0.15, 0.2) is 0 Å². The van der Waals surface area contributed by atoms with Crippen LogP contribution in [0.1, 0.15) is 31.7 Å². The summed E-state index contributed by atoms with van der Waals surface area (Å²) in [7, 11) is 1.62. The molecule has 1 atom stereocenters. The molecule has 1 fully saturated rings. The largest absolute Gasteiger partial charge is 0.371 e. The third kappa shape index (κ3) is 2.23. The van der Waals surface area contributed by atoms with E-state index in [1.807, 2.05) is 13.8 Å². The molecular weight excluding hydrogens is 210 g/mol. The van der Waals surface area contributed by atoms with Gasteiger partial charge in [-0.15, -0.1) is 0 Å². The maximum Gasteiger partial charge on any atom is 0.257 e. The SMILES string of the molecule is COC(C)(C)c1noc(C2CNCCO2)n1.